The second-order valence-electron chi connectivity index (χ2n) is 7.03. The number of carbonyl (C=O) groups is 1. The Morgan fingerprint density at radius 1 is 1.11 bits per heavy atom. The second-order valence-corrected chi connectivity index (χ2v) is 8.45. The normalized spacial score (nSPS) is 20.3. The molecule has 2 aliphatic rings. The molecule has 4 nitrogen and oxygen atoms in total. The molecule has 1 aliphatic heterocycles. The van der Waals surface area contributed by atoms with Gasteiger partial charge in [-0.05, 0) is 54.1 Å². The molecule has 0 bridgehead atoms. The summed E-state index contributed by atoms with van der Waals surface area (Å²) >= 11 is 7.63. The van der Waals surface area contributed by atoms with Gasteiger partial charge in [0.1, 0.15) is 0 Å². The topological polar surface area (TPSA) is 44.7 Å². The van der Waals surface area contributed by atoms with Gasteiger partial charge in [0, 0.05) is 27.1 Å². The fourth-order valence-corrected chi connectivity index (χ4v) is 5.08. The van der Waals surface area contributed by atoms with Gasteiger partial charge >= 0.3 is 6.03 Å². The molecule has 2 heterocycles. The van der Waals surface area contributed by atoms with E-state index in [1.807, 2.05) is 12.1 Å². The van der Waals surface area contributed by atoms with E-state index in [1.165, 1.54) is 11.1 Å². The molecule has 1 aromatic heterocycles. The quantitative estimate of drug-likeness (QED) is 0.559. The third kappa shape index (κ3) is 3.01. The molecule has 6 heteroatoms. The van der Waals surface area contributed by atoms with Gasteiger partial charge in [-0.15, -0.1) is 11.3 Å². The van der Waals surface area contributed by atoms with Gasteiger partial charge < -0.3 is 5.32 Å². The van der Waals surface area contributed by atoms with E-state index < -0.39 is 0 Å². The van der Waals surface area contributed by atoms with Crippen LogP contribution in [0.5, 0.6) is 0 Å². The number of benzene rings is 2. The number of rotatable bonds is 2. The van der Waals surface area contributed by atoms with Crippen LogP contribution in [0.15, 0.2) is 71.1 Å². The average molecular weight is 408 g/mol. The van der Waals surface area contributed by atoms with Crippen LogP contribution in [0, 0.1) is 5.92 Å². The molecule has 0 fully saturated rings. The van der Waals surface area contributed by atoms with Crippen molar-refractivity contribution in [2.75, 3.05) is 5.32 Å². The van der Waals surface area contributed by atoms with Gasteiger partial charge in [-0.3, -0.25) is 0 Å². The SMILES string of the molecule is O=C(Nc1ccc(Cl)cc1)N1N=C2c3ccccc3CC[C@@H]2[C@@H]1c1cccs1. The van der Waals surface area contributed by atoms with Gasteiger partial charge in [-0.1, -0.05) is 41.9 Å². The van der Waals surface area contributed by atoms with Gasteiger partial charge in [0.05, 0.1) is 11.8 Å². The van der Waals surface area contributed by atoms with Crippen LogP contribution < -0.4 is 5.32 Å². The summed E-state index contributed by atoms with van der Waals surface area (Å²) in [5.74, 6) is 0.213. The lowest BCUT2D eigenvalue weighted by atomic mass is 9.79. The molecule has 2 amide bonds. The van der Waals surface area contributed by atoms with Crippen molar-refractivity contribution >= 4 is 40.4 Å². The highest BCUT2D eigenvalue weighted by Gasteiger charge is 2.44. The first-order chi connectivity index (χ1) is 13.7. The number of anilines is 1. The van der Waals surface area contributed by atoms with E-state index >= 15 is 0 Å². The molecule has 0 unspecified atom stereocenters. The van der Waals surface area contributed by atoms with Crippen molar-refractivity contribution in [2.24, 2.45) is 11.0 Å². The number of urea groups is 1. The van der Waals surface area contributed by atoms with Crippen LogP contribution in [0.3, 0.4) is 0 Å². The molecule has 2 aromatic carbocycles. The fourth-order valence-electron chi connectivity index (χ4n) is 4.08. The molecule has 0 saturated carbocycles. The molecule has 140 valence electrons. The standard InChI is InChI=1S/C22H18ClN3OS/c23-15-8-10-16(11-9-15)24-22(27)26-21(19-6-3-13-28-19)18-12-7-14-4-1-2-5-17(14)20(18)25-26/h1-6,8-11,13,18,21H,7,12H2,(H,24,27)/t18-,21+/m0/s1. The maximum atomic E-state index is 13.1. The summed E-state index contributed by atoms with van der Waals surface area (Å²) in [4.78, 5) is 14.3. The number of amides is 2. The van der Waals surface area contributed by atoms with E-state index in [0.717, 1.165) is 23.4 Å². The first kappa shape index (κ1) is 17.5. The number of hydrazone groups is 1. The van der Waals surface area contributed by atoms with Crippen LogP contribution in [-0.2, 0) is 6.42 Å². The van der Waals surface area contributed by atoms with Gasteiger partial charge in [-0.2, -0.15) is 5.10 Å². The number of hydrogen-bond donors (Lipinski definition) is 1. The maximum absolute atomic E-state index is 13.1. The Labute approximate surface area is 172 Å². The van der Waals surface area contributed by atoms with Crippen LogP contribution in [0.4, 0.5) is 10.5 Å². The third-order valence-corrected chi connectivity index (χ3v) is 6.56. The molecule has 2 atom stereocenters. The van der Waals surface area contributed by atoms with Crippen molar-refractivity contribution < 1.29 is 4.79 Å². The fraction of sp³-hybridized carbons (Fsp3) is 0.182. The van der Waals surface area contributed by atoms with Crippen molar-refractivity contribution in [1.29, 1.82) is 0 Å². The van der Waals surface area contributed by atoms with Crippen molar-refractivity contribution in [2.45, 2.75) is 18.9 Å². The molecule has 1 aliphatic carbocycles. The second kappa shape index (κ2) is 7.08. The Bertz CT molecular complexity index is 1050. The number of halogens is 1. The van der Waals surface area contributed by atoms with Crippen LogP contribution in [0.25, 0.3) is 0 Å². The zero-order valence-corrected chi connectivity index (χ0v) is 16.6. The molecule has 3 aromatic rings. The Kier molecular flexibility index (Phi) is 4.41. The number of fused-ring (bicyclic) bond motifs is 3. The van der Waals surface area contributed by atoms with Crippen LogP contribution in [-0.4, -0.2) is 16.8 Å². The number of aryl methyl sites for hydroxylation is 1. The number of nitrogens with zero attached hydrogens (tertiary/aromatic N) is 2. The van der Waals surface area contributed by atoms with Gasteiger partial charge in [-0.25, -0.2) is 9.80 Å². The zero-order chi connectivity index (χ0) is 19.1. The summed E-state index contributed by atoms with van der Waals surface area (Å²) < 4.78 is 0. The lowest BCUT2D eigenvalue weighted by molar-refractivity contribution is 0.189. The van der Waals surface area contributed by atoms with Gasteiger partial charge in [0.25, 0.3) is 0 Å². The zero-order valence-electron chi connectivity index (χ0n) is 15.0. The molecule has 0 radical (unpaired) electrons. The number of carbonyl (C=O) groups excluding carboxylic acids is 1. The summed E-state index contributed by atoms with van der Waals surface area (Å²) in [6, 6.07) is 19.3. The summed E-state index contributed by atoms with van der Waals surface area (Å²) in [6.45, 7) is 0. The van der Waals surface area contributed by atoms with Crippen LogP contribution in [0.1, 0.15) is 28.5 Å². The molecule has 5 rings (SSSR count). The van der Waals surface area contributed by atoms with Crippen LogP contribution >= 0.6 is 22.9 Å². The largest absolute Gasteiger partial charge is 0.342 e. The summed E-state index contributed by atoms with van der Waals surface area (Å²) in [5, 5.41) is 12.1. The minimum absolute atomic E-state index is 0.0735. The first-order valence-corrected chi connectivity index (χ1v) is 10.5. The highest BCUT2D eigenvalue weighted by atomic mass is 35.5. The lowest BCUT2D eigenvalue weighted by Gasteiger charge is -2.28. The highest BCUT2D eigenvalue weighted by molar-refractivity contribution is 7.10. The summed E-state index contributed by atoms with van der Waals surface area (Å²) in [5.41, 5.74) is 4.20. The van der Waals surface area contributed by atoms with Gasteiger partial charge in [0.2, 0.25) is 0 Å². The summed E-state index contributed by atoms with van der Waals surface area (Å²) in [7, 11) is 0. The van der Waals surface area contributed by atoms with E-state index in [9.17, 15) is 4.79 Å². The van der Waals surface area contributed by atoms with Crippen molar-refractivity contribution in [3.63, 3.8) is 0 Å². The Balaban J connectivity index is 1.52. The Hall–Kier alpha value is -2.63. The number of nitrogens with one attached hydrogen (secondary N) is 1. The van der Waals surface area contributed by atoms with E-state index in [1.54, 1.807) is 40.6 Å². The number of hydrogen-bond acceptors (Lipinski definition) is 3. The van der Waals surface area contributed by atoms with E-state index in [2.05, 4.69) is 35.0 Å². The predicted molar refractivity (Wildman–Crippen MR) is 114 cm³/mol. The van der Waals surface area contributed by atoms with Crippen molar-refractivity contribution in [1.82, 2.24) is 5.01 Å². The minimum Gasteiger partial charge on any atom is -0.306 e. The van der Waals surface area contributed by atoms with Crippen molar-refractivity contribution in [3.8, 4) is 0 Å². The molecule has 1 N–H and O–H groups in total. The monoisotopic (exact) mass is 407 g/mol. The van der Waals surface area contributed by atoms with E-state index in [-0.39, 0.29) is 18.0 Å². The minimum atomic E-state index is -0.222. The van der Waals surface area contributed by atoms with E-state index in [4.69, 9.17) is 16.7 Å². The molecule has 0 saturated heterocycles. The third-order valence-electron chi connectivity index (χ3n) is 5.37. The Morgan fingerprint density at radius 3 is 2.71 bits per heavy atom. The van der Waals surface area contributed by atoms with E-state index in [0.29, 0.717) is 10.7 Å². The van der Waals surface area contributed by atoms with Gasteiger partial charge in [0.15, 0.2) is 0 Å². The molecule has 28 heavy (non-hydrogen) atoms. The van der Waals surface area contributed by atoms with Crippen LogP contribution in [0.2, 0.25) is 5.02 Å². The van der Waals surface area contributed by atoms with Crippen molar-refractivity contribution in [3.05, 3.63) is 87.1 Å². The highest BCUT2D eigenvalue weighted by Crippen LogP contribution is 2.44. The predicted octanol–water partition coefficient (Wildman–Crippen LogP) is 5.96. The maximum Gasteiger partial charge on any atom is 0.342 e. The first-order valence-electron chi connectivity index (χ1n) is 9.26. The lowest BCUT2D eigenvalue weighted by Crippen LogP contribution is -2.34. The number of thiophene rings is 1. The Morgan fingerprint density at radius 2 is 1.93 bits per heavy atom. The smallest absolute Gasteiger partial charge is 0.306 e. The molecular formula is C22H18ClN3OS. The average Bonchev–Trinajstić information content (AvgIpc) is 3.37. The molecular weight excluding hydrogens is 390 g/mol. The summed E-state index contributed by atoms with van der Waals surface area (Å²) in [6.07, 6.45) is 2.00. The molecule has 0 spiro atoms.